The van der Waals surface area contributed by atoms with Crippen molar-refractivity contribution in [1.82, 2.24) is 25.1 Å². The number of hydrogen-bond donors (Lipinski definition) is 1. The standard InChI is InChI=1S/C16H25N5/c1-6-8-17-9-7-15-13(4)20-21(14(15)5)16-18-11(2)10-12(3)19-16/h10,17H,6-9H2,1-5H3. The summed E-state index contributed by atoms with van der Waals surface area (Å²) in [5.74, 6) is 0.667. The second-order valence-electron chi connectivity index (χ2n) is 5.51. The van der Waals surface area contributed by atoms with E-state index in [1.165, 1.54) is 5.56 Å². The van der Waals surface area contributed by atoms with E-state index in [4.69, 9.17) is 0 Å². The van der Waals surface area contributed by atoms with Gasteiger partial charge in [0.15, 0.2) is 0 Å². The minimum absolute atomic E-state index is 0.667. The van der Waals surface area contributed by atoms with E-state index in [-0.39, 0.29) is 0 Å². The Morgan fingerprint density at radius 3 is 2.33 bits per heavy atom. The van der Waals surface area contributed by atoms with Crippen LogP contribution in [0.3, 0.4) is 0 Å². The Hall–Kier alpha value is -1.75. The SMILES string of the molecule is CCCNCCc1c(C)nn(-c2nc(C)cc(C)n2)c1C. The number of hydrogen-bond acceptors (Lipinski definition) is 4. The van der Waals surface area contributed by atoms with Gasteiger partial charge in [-0.3, -0.25) is 0 Å². The lowest BCUT2D eigenvalue weighted by Crippen LogP contribution is -2.18. The molecule has 0 amide bonds. The van der Waals surface area contributed by atoms with Crippen LogP contribution >= 0.6 is 0 Å². The van der Waals surface area contributed by atoms with Crippen molar-refractivity contribution in [1.29, 1.82) is 0 Å². The van der Waals surface area contributed by atoms with Crippen LogP contribution in [0.25, 0.3) is 5.95 Å². The summed E-state index contributed by atoms with van der Waals surface area (Å²) in [6.07, 6.45) is 2.15. The molecular formula is C16H25N5. The highest BCUT2D eigenvalue weighted by Crippen LogP contribution is 2.16. The highest BCUT2D eigenvalue weighted by atomic mass is 15.4. The number of nitrogens with zero attached hydrogens (tertiary/aromatic N) is 4. The van der Waals surface area contributed by atoms with Crippen LogP contribution in [-0.2, 0) is 6.42 Å². The molecule has 0 aliphatic rings. The van der Waals surface area contributed by atoms with Gasteiger partial charge in [0.05, 0.1) is 5.69 Å². The lowest BCUT2D eigenvalue weighted by Gasteiger charge is -2.06. The Balaban J connectivity index is 2.25. The van der Waals surface area contributed by atoms with Gasteiger partial charge in [-0.15, -0.1) is 0 Å². The molecule has 0 bridgehead atoms. The molecule has 0 radical (unpaired) electrons. The topological polar surface area (TPSA) is 55.6 Å². The maximum Gasteiger partial charge on any atom is 0.251 e. The molecule has 0 fully saturated rings. The predicted octanol–water partition coefficient (Wildman–Crippen LogP) is 2.44. The van der Waals surface area contributed by atoms with Crippen LogP contribution in [0.5, 0.6) is 0 Å². The minimum atomic E-state index is 0.667. The van der Waals surface area contributed by atoms with Crippen LogP contribution in [0.15, 0.2) is 6.07 Å². The molecule has 0 aliphatic heterocycles. The van der Waals surface area contributed by atoms with Gasteiger partial charge in [0.25, 0.3) is 5.95 Å². The van der Waals surface area contributed by atoms with Crippen LogP contribution in [0, 0.1) is 27.7 Å². The second-order valence-corrected chi connectivity index (χ2v) is 5.51. The molecule has 1 N–H and O–H groups in total. The zero-order chi connectivity index (χ0) is 15.4. The first kappa shape index (κ1) is 15.6. The summed E-state index contributed by atoms with van der Waals surface area (Å²) in [5, 5.41) is 8.06. The lowest BCUT2D eigenvalue weighted by molar-refractivity contribution is 0.668. The molecule has 21 heavy (non-hydrogen) atoms. The van der Waals surface area contributed by atoms with Crippen LogP contribution in [0.4, 0.5) is 0 Å². The molecule has 2 heterocycles. The van der Waals surface area contributed by atoms with Crippen molar-refractivity contribution in [2.24, 2.45) is 0 Å². The van der Waals surface area contributed by atoms with Crippen molar-refractivity contribution >= 4 is 0 Å². The lowest BCUT2D eigenvalue weighted by atomic mass is 10.1. The zero-order valence-corrected chi connectivity index (χ0v) is 13.7. The summed E-state index contributed by atoms with van der Waals surface area (Å²) in [6, 6.07) is 1.98. The van der Waals surface area contributed by atoms with E-state index in [1.54, 1.807) is 0 Å². The van der Waals surface area contributed by atoms with Crippen LogP contribution in [0.1, 0.15) is 41.7 Å². The van der Waals surface area contributed by atoms with Crippen molar-refractivity contribution in [3.8, 4) is 5.95 Å². The Bertz CT molecular complexity index is 595. The monoisotopic (exact) mass is 287 g/mol. The summed E-state index contributed by atoms with van der Waals surface area (Å²) in [5.41, 5.74) is 5.43. The van der Waals surface area contributed by atoms with E-state index < -0.39 is 0 Å². The predicted molar refractivity (Wildman–Crippen MR) is 85.0 cm³/mol. The molecule has 2 rings (SSSR count). The minimum Gasteiger partial charge on any atom is -0.316 e. The van der Waals surface area contributed by atoms with Crippen molar-refractivity contribution in [2.75, 3.05) is 13.1 Å². The normalized spacial score (nSPS) is 11.1. The van der Waals surface area contributed by atoms with Gasteiger partial charge >= 0.3 is 0 Å². The molecule has 5 nitrogen and oxygen atoms in total. The van der Waals surface area contributed by atoms with E-state index in [1.807, 2.05) is 24.6 Å². The first-order valence-electron chi connectivity index (χ1n) is 7.61. The smallest absolute Gasteiger partial charge is 0.251 e. The fourth-order valence-corrected chi connectivity index (χ4v) is 2.55. The number of rotatable bonds is 6. The van der Waals surface area contributed by atoms with Crippen molar-refractivity contribution in [3.05, 3.63) is 34.4 Å². The van der Waals surface area contributed by atoms with E-state index >= 15 is 0 Å². The summed E-state index contributed by atoms with van der Waals surface area (Å²) < 4.78 is 1.87. The van der Waals surface area contributed by atoms with Gasteiger partial charge in [0, 0.05) is 17.1 Å². The third-order valence-corrected chi connectivity index (χ3v) is 3.58. The number of aryl methyl sites for hydroxylation is 3. The second kappa shape index (κ2) is 6.80. The van der Waals surface area contributed by atoms with E-state index in [9.17, 15) is 0 Å². The third kappa shape index (κ3) is 3.67. The zero-order valence-electron chi connectivity index (χ0n) is 13.7. The molecule has 114 valence electrons. The van der Waals surface area contributed by atoms with Crippen LogP contribution in [0.2, 0.25) is 0 Å². The molecule has 0 saturated carbocycles. The molecule has 0 unspecified atom stereocenters. The summed E-state index contributed by atoms with van der Waals surface area (Å²) in [6.45, 7) is 12.3. The maximum atomic E-state index is 4.63. The fourth-order valence-electron chi connectivity index (χ4n) is 2.55. The van der Waals surface area contributed by atoms with Gasteiger partial charge in [0.2, 0.25) is 0 Å². The highest BCUT2D eigenvalue weighted by molar-refractivity contribution is 5.30. The molecule has 0 aliphatic carbocycles. The molecule has 2 aromatic heterocycles. The van der Waals surface area contributed by atoms with Crippen molar-refractivity contribution < 1.29 is 0 Å². The highest BCUT2D eigenvalue weighted by Gasteiger charge is 2.14. The molecule has 0 aromatic carbocycles. The first-order valence-corrected chi connectivity index (χ1v) is 7.61. The average molecular weight is 287 g/mol. The largest absolute Gasteiger partial charge is 0.316 e. The maximum absolute atomic E-state index is 4.63. The average Bonchev–Trinajstić information content (AvgIpc) is 2.70. The molecule has 2 aromatic rings. The van der Waals surface area contributed by atoms with Crippen molar-refractivity contribution in [3.63, 3.8) is 0 Å². The van der Waals surface area contributed by atoms with Gasteiger partial charge < -0.3 is 5.32 Å². The Labute approximate surface area is 126 Å². The van der Waals surface area contributed by atoms with Gasteiger partial charge in [-0.05, 0) is 65.3 Å². The quantitative estimate of drug-likeness (QED) is 0.829. The molecule has 0 atom stereocenters. The Kier molecular flexibility index (Phi) is 5.07. The molecular weight excluding hydrogens is 262 g/mol. The van der Waals surface area contributed by atoms with Gasteiger partial charge in [0.1, 0.15) is 0 Å². The summed E-state index contributed by atoms with van der Waals surface area (Å²) >= 11 is 0. The molecule has 5 heteroatoms. The van der Waals surface area contributed by atoms with Crippen LogP contribution in [-0.4, -0.2) is 32.8 Å². The Morgan fingerprint density at radius 1 is 1.05 bits per heavy atom. The van der Waals surface area contributed by atoms with E-state index in [0.717, 1.165) is 48.7 Å². The van der Waals surface area contributed by atoms with Gasteiger partial charge in [-0.1, -0.05) is 6.92 Å². The molecule has 0 spiro atoms. The Morgan fingerprint density at radius 2 is 1.71 bits per heavy atom. The first-order chi connectivity index (χ1) is 10.0. The summed E-state index contributed by atoms with van der Waals surface area (Å²) in [4.78, 5) is 9.01. The van der Waals surface area contributed by atoms with E-state index in [0.29, 0.717) is 5.95 Å². The summed E-state index contributed by atoms with van der Waals surface area (Å²) in [7, 11) is 0. The van der Waals surface area contributed by atoms with Crippen LogP contribution < -0.4 is 5.32 Å². The number of nitrogens with one attached hydrogen (secondary N) is 1. The van der Waals surface area contributed by atoms with Gasteiger partial charge in [-0.25, -0.2) is 14.6 Å². The molecule has 0 saturated heterocycles. The fraction of sp³-hybridized carbons (Fsp3) is 0.562. The van der Waals surface area contributed by atoms with E-state index in [2.05, 4.69) is 41.2 Å². The van der Waals surface area contributed by atoms with Crippen molar-refractivity contribution in [2.45, 2.75) is 47.5 Å². The number of aromatic nitrogens is 4. The third-order valence-electron chi connectivity index (χ3n) is 3.58. The van der Waals surface area contributed by atoms with Gasteiger partial charge in [-0.2, -0.15) is 5.10 Å².